The largest absolute Gasteiger partial charge is 0.393 e. The van der Waals surface area contributed by atoms with Gasteiger partial charge < -0.3 is 20.6 Å². The van der Waals surface area contributed by atoms with E-state index in [9.17, 15) is 5.11 Å². The first-order valence-electron chi connectivity index (χ1n) is 13.1. The molecule has 7 rings (SSSR count). The van der Waals surface area contributed by atoms with E-state index in [1.807, 2.05) is 18.3 Å². The maximum absolute atomic E-state index is 10.0. The standard InChI is InChI=1S/C27H30N8OS/c1-15-3-2-8-28-25(15)26-31-21-11-23(30-13-22(21)37-26)33-24-10-20(16-4-6-19(36)7-5-16)32-27(34-24)35-14-17-9-18(35)12-29-17/h2-3,8,10-11,13,16-19,29,36H,4-7,9,12,14H2,1H3,(H,30,32,33,34)/t16?,17-,18-,19?/m0/s1. The van der Waals surface area contributed by atoms with Crippen molar-refractivity contribution in [2.75, 3.05) is 23.3 Å². The second-order valence-electron chi connectivity index (χ2n) is 10.5. The Balaban J connectivity index is 1.21. The summed E-state index contributed by atoms with van der Waals surface area (Å²) in [6.07, 6.45) is 8.17. The van der Waals surface area contributed by atoms with Crippen molar-refractivity contribution in [2.45, 2.75) is 63.1 Å². The fourth-order valence-corrected chi connectivity index (χ4v) is 6.85. The number of hydrogen-bond acceptors (Lipinski definition) is 10. The van der Waals surface area contributed by atoms with Gasteiger partial charge in [-0.2, -0.15) is 4.98 Å². The molecule has 37 heavy (non-hydrogen) atoms. The highest BCUT2D eigenvalue weighted by Gasteiger charge is 2.39. The van der Waals surface area contributed by atoms with E-state index < -0.39 is 0 Å². The van der Waals surface area contributed by atoms with Gasteiger partial charge in [-0.25, -0.2) is 15.0 Å². The van der Waals surface area contributed by atoms with Gasteiger partial charge in [-0.05, 0) is 50.7 Å². The Bertz CT molecular complexity index is 1450. The predicted molar refractivity (Wildman–Crippen MR) is 145 cm³/mol. The van der Waals surface area contributed by atoms with Gasteiger partial charge in [0.05, 0.1) is 22.0 Å². The summed E-state index contributed by atoms with van der Waals surface area (Å²) in [4.78, 5) is 26.4. The number of aliphatic hydroxyl groups is 1. The molecule has 1 saturated carbocycles. The zero-order valence-corrected chi connectivity index (χ0v) is 21.6. The number of fused-ring (bicyclic) bond motifs is 3. The summed E-state index contributed by atoms with van der Waals surface area (Å²) in [6, 6.07) is 9.00. The van der Waals surface area contributed by atoms with Gasteiger partial charge >= 0.3 is 0 Å². The second-order valence-corrected chi connectivity index (χ2v) is 11.5. The van der Waals surface area contributed by atoms with Crippen LogP contribution in [-0.4, -0.2) is 61.3 Å². The Kier molecular flexibility index (Phi) is 5.75. The van der Waals surface area contributed by atoms with Crippen molar-refractivity contribution in [1.29, 1.82) is 0 Å². The van der Waals surface area contributed by atoms with Crippen molar-refractivity contribution in [3.05, 3.63) is 47.9 Å². The van der Waals surface area contributed by atoms with Crippen molar-refractivity contribution in [3.8, 4) is 10.7 Å². The molecule has 2 saturated heterocycles. The SMILES string of the molecule is Cc1cccnc1-c1nc2cc(Nc3cc(C4CCC(O)CC4)nc(N4C[C@@H]5C[C@H]4CN5)n3)ncc2s1. The topological polar surface area (TPSA) is 112 Å². The van der Waals surface area contributed by atoms with Gasteiger partial charge in [-0.15, -0.1) is 11.3 Å². The summed E-state index contributed by atoms with van der Waals surface area (Å²) >= 11 is 1.60. The molecule has 2 atom stereocenters. The lowest BCUT2D eigenvalue weighted by molar-refractivity contribution is 0.122. The highest BCUT2D eigenvalue weighted by Crippen LogP contribution is 2.36. The van der Waals surface area contributed by atoms with Crippen molar-refractivity contribution < 1.29 is 5.11 Å². The molecule has 6 heterocycles. The van der Waals surface area contributed by atoms with Gasteiger partial charge in [0.15, 0.2) is 0 Å². The fourth-order valence-electron chi connectivity index (χ4n) is 5.88. The maximum atomic E-state index is 10.0. The zero-order valence-electron chi connectivity index (χ0n) is 20.8. The molecule has 2 bridgehead atoms. The monoisotopic (exact) mass is 514 g/mol. The fraction of sp³-hybridized carbons (Fsp3) is 0.444. The van der Waals surface area contributed by atoms with Crippen LogP contribution in [0.15, 0.2) is 36.7 Å². The second kappa shape index (κ2) is 9.27. The normalized spacial score (nSPS) is 25.2. The van der Waals surface area contributed by atoms with Gasteiger partial charge in [0.1, 0.15) is 22.3 Å². The van der Waals surface area contributed by atoms with Crippen LogP contribution >= 0.6 is 11.3 Å². The highest BCUT2D eigenvalue weighted by molar-refractivity contribution is 7.21. The molecule has 4 aromatic heterocycles. The first-order chi connectivity index (χ1) is 18.1. The molecule has 9 nitrogen and oxygen atoms in total. The third kappa shape index (κ3) is 4.43. The molecular weight excluding hydrogens is 484 g/mol. The Morgan fingerprint density at radius 3 is 2.76 bits per heavy atom. The van der Waals surface area contributed by atoms with Crippen molar-refractivity contribution >= 4 is 39.1 Å². The number of aryl methyl sites for hydroxylation is 1. The molecular formula is C27H30N8OS. The summed E-state index contributed by atoms with van der Waals surface area (Å²) < 4.78 is 1.02. The van der Waals surface area contributed by atoms with Gasteiger partial charge in [0, 0.05) is 55.6 Å². The lowest BCUT2D eigenvalue weighted by Gasteiger charge is -2.30. The number of anilines is 3. The molecule has 0 unspecified atom stereocenters. The van der Waals surface area contributed by atoms with Crippen LogP contribution in [0.2, 0.25) is 0 Å². The van der Waals surface area contributed by atoms with Gasteiger partial charge in [0.25, 0.3) is 0 Å². The average Bonchev–Trinajstić information content (AvgIpc) is 3.65. The minimum atomic E-state index is -0.190. The molecule has 2 aliphatic heterocycles. The number of nitrogens with zero attached hydrogens (tertiary/aromatic N) is 6. The van der Waals surface area contributed by atoms with Crippen LogP contribution in [-0.2, 0) is 0 Å². The summed E-state index contributed by atoms with van der Waals surface area (Å²) in [7, 11) is 0. The molecule has 0 spiro atoms. The van der Waals surface area contributed by atoms with E-state index in [0.717, 1.165) is 89.1 Å². The minimum absolute atomic E-state index is 0.190. The van der Waals surface area contributed by atoms with E-state index in [4.69, 9.17) is 15.0 Å². The Morgan fingerprint density at radius 1 is 1.08 bits per heavy atom. The molecule has 3 N–H and O–H groups in total. The van der Waals surface area contributed by atoms with E-state index >= 15 is 0 Å². The number of rotatable bonds is 5. The van der Waals surface area contributed by atoms with Crippen LogP contribution in [0.1, 0.15) is 49.3 Å². The van der Waals surface area contributed by atoms with Crippen LogP contribution in [0, 0.1) is 6.92 Å². The zero-order chi connectivity index (χ0) is 24.9. The molecule has 4 aromatic rings. The van der Waals surface area contributed by atoms with E-state index in [0.29, 0.717) is 23.8 Å². The molecule has 190 valence electrons. The number of aromatic nitrogens is 5. The number of piperazine rings is 1. The van der Waals surface area contributed by atoms with Crippen LogP contribution in [0.4, 0.5) is 17.6 Å². The molecule has 0 radical (unpaired) electrons. The number of hydrogen-bond donors (Lipinski definition) is 3. The van der Waals surface area contributed by atoms with E-state index in [1.165, 1.54) is 0 Å². The summed E-state index contributed by atoms with van der Waals surface area (Å²) in [5.41, 5.74) is 3.96. The smallest absolute Gasteiger partial charge is 0.227 e. The van der Waals surface area contributed by atoms with Gasteiger partial charge in [-0.3, -0.25) is 4.98 Å². The highest BCUT2D eigenvalue weighted by atomic mass is 32.1. The van der Waals surface area contributed by atoms with E-state index in [2.05, 4.69) is 44.6 Å². The van der Waals surface area contributed by atoms with Crippen LogP contribution in [0.25, 0.3) is 20.9 Å². The Labute approximate surface area is 219 Å². The predicted octanol–water partition coefficient (Wildman–Crippen LogP) is 4.16. The minimum Gasteiger partial charge on any atom is -0.393 e. The number of aliphatic hydroxyl groups excluding tert-OH is 1. The Hall–Kier alpha value is -3.21. The maximum Gasteiger partial charge on any atom is 0.227 e. The lowest BCUT2D eigenvalue weighted by atomic mass is 9.85. The molecule has 1 aliphatic carbocycles. The van der Waals surface area contributed by atoms with E-state index in [1.54, 1.807) is 17.5 Å². The first-order valence-corrected chi connectivity index (χ1v) is 13.9. The van der Waals surface area contributed by atoms with Gasteiger partial charge in [0.2, 0.25) is 5.95 Å². The van der Waals surface area contributed by atoms with Crippen LogP contribution < -0.4 is 15.5 Å². The molecule has 3 fully saturated rings. The third-order valence-electron chi connectivity index (χ3n) is 7.91. The quantitative estimate of drug-likeness (QED) is 0.361. The number of nitrogens with one attached hydrogen (secondary N) is 2. The average molecular weight is 515 g/mol. The summed E-state index contributed by atoms with van der Waals surface area (Å²) in [6.45, 7) is 3.98. The van der Waals surface area contributed by atoms with Crippen LogP contribution in [0.5, 0.6) is 0 Å². The number of thiazole rings is 1. The molecule has 10 heteroatoms. The molecule has 0 aromatic carbocycles. The molecule has 3 aliphatic rings. The van der Waals surface area contributed by atoms with Crippen molar-refractivity contribution in [2.24, 2.45) is 0 Å². The third-order valence-corrected chi connectivity index (χ3v) is 8.92. The molecule has 0 amide bonds. The van der Waals surface area contributed by atoms with Crippen molar-refractivity contribution in [3.63, 3.8) is 0 Å². The van der Waals surface area contributed by atoms with Crippen LogP contribution in [0.3, 0.4) is 0 Å². The number of pyridine rings is 2. The van der Waals surface area contributed by atoms with Crippen molar-refractivity contribution in [1.82, 2.24) is 30.2 Å². The van der Waals surface area contributed by atoms with Gasteiger partial charge in [-0.1, -0.05) is 6.07 Å². The van der Waals surface area contributed by atoms with E-state index in [-0.39, 0.29) is 6.10 Å². The Morgan fingerprint density at radius 2 is 1.97 bits per heavy atom. The lowest BCUT2D eigenvalue weighted by Crippen LogP contribution is -2.44. The summed E-state index contributed by atoms with van der Waals surface area (Å²) in [5.74, 6) is 2.59. The first kappa shape index (κ1) is 22.9. The summed E-state index contributed by atoms with van der Waals surface area (Å²) in [5, 5.41) is 17.9.